The third-order valence-corrected chi connectivity index (χ3v) is 6.82. The van der Waals surface area contributed by atoms with Crippen LogP contribution in [0, 0.1) is 0 Å². The van der Waals surface area contributed by atoms with Crippen LogP contribution in [-0.4, -0.2) is 12.6 Å². The summed E-state index contributed by atoms with van der Waals surface area (Å²) in [6.45, 7) is 0.250. The summed E-state index contributed by atoms with van der Waals surface area (Å²) in [6, 6.07) is 20.2. The number of carbonyl (C=O) groups is 1. The smallest absolute Gasteiger partial charge is 0.231 e. The summed E-state index contributed by atoms with van der Waals surface area (Å²) in [5.41, 5.74) is 3.11. The van der Waals surface area contributed by atoms with Crippen LogP contribution in [0.4, 0.5) is 0 Å². The second kappa shape index (κ2) is 6.96. The van der Waals surface area contributed by atoms with Crippen molar-refractivity contribution in [2.45, 2.75) is 28.6 Å². The Hall–Kier alpha value is -3.18. The Labute approximate surface area is 178 Å². The van der Waals surface area contributed by atoms with E-state index < -0.39 is 0 Å². The van der Waals surface area contributed by atoms with E-state index in [1.54, 1.807) is 17.8 Å². The maximum Gasteiger partial charge on any atom is 0.231 e. The minimum absolute atomic E-state index is 0.103. The summed E-state index contributed by atoms with van der Waals surface area (Å²) in [6.07, 6.45) is 3.06. The van der Waals surface area contributed by atoms with Crippen LogP contribution in [0.15, 0.2) is 76.5 Å². The highest BCUT2D eigenvalue weighted by molar-refractivity contribution is 7.99. The molecule has 0 saturated heterocycles. The molecule has 1 aliphatic carbocycles. The highest BCUT2D eigenvalue weighted by Gasteiger charge is 2.28. The van der Waals surface area contributed by atoms with Crippen molar-refractivity contribution in [3.63, 3.8) is 0 Å². The fourth-order valence-electron chi connectivity index (χ4n) is 4.28. The Bertz CT molecular complexity index is 1210. The lowest BCUT2D eigenvalue weighted by Gasteiger charge is -2.26. The number of para-hydroxylation sites is 2. The molecule has 4 nitrogen and oxygen atoms in total. The molecule has 3 aromatic rings. The average molecular weight is 414 g/mol. The number of ketones is 1. The molecule has 148 valence electrons. The normalized spacial score (nSPS) is 18.9. The first kappa shape index (κ1) is 17.7. The number of hydrogen-bond donors (Lipinski definition) is 0. The van der Waals surface area contributed by atoms with Gasteiger partial charge < -0.3 is 14.2 Å². The Morgan fingerprint density at radius 2 is 1.70 bits per heavy atom. The first-order valence-electron chi connectivity index (χ1n) is 9.96. The van der Waals surface area contributed by atoms with E-state index in [0.29, 0.717) is 6.42 Å². The van der Waals surface area contributed by atoms with Gasteiger partial charge in [0.1, 0.15) is 11.5 Å². The molecule has 0 amide bonds. The molecule has 6 rings (SSSR count). The minimum atomic E-state index is 0.103. The van der Waals surface area contributed by atoms with Crippen LogP contribution in [0.5, 0.6) is 23.0 Å². The topological polar surface area (TPSA) is 44.8 Å². The van der Waals surface area contributed by atoms with Crippen molar-refractivity contribution in [2.24, 2.45) is 0 Å². The molecular weight excluding hydrogens is 396 g/mol. The Morgan fingerprint density at radius 3 is 2.67 bits per heavy atom. The SMILES string of the molecule is O=C1C=C(c2cccc3c2Oc2ccccc2S3)C[C@@H](c2ccc3c(c2)OCO3)C1. The van der Waals surface area contributed by atoms with Crippen molar-refractivity contribution in [1.82, 2.24) is 0 Å². The summed E-state index contributed by atoms with van der Waals surface area (Å²) >= 11 is 1.70. The molecule has 0 bridgehead atoms. The molecule has 0 spiro atoms. The fourth-order valence-corrected chi connectivity index (χ4v) is 5.27. The molecule has 30 heavy (non-hydrogen) atoms. The van der Waals surface area contributed by atoms with E-state index in [1.807, 2.05) is 42.5 Å². The van der Waals surface area contributed by atoms with Crippen molar-refractivity contribution in [2.75, 3.05) is 6.79 Å². The first-order chi connectivity index (χ1) is 14.7. The Kier molecular flexibility index (Phi) is 4.09. The molecular formula is C25H18O4S. The van der Waals surface area contributed by atoms with Gasteiger partial charge in [0, 0.05) is 12.0 Å². The van der Waals surface area contributed by atoms with Gasteiger partial charge in [0.05, 0.1) is 9.79 Å². The summed E-state index contributed by atoms with van der Waals surface area (Å²) in [7, 11) is 0. The number of allylic oxidation sites excluding steroid dienone is 2. The van der Waals surface area contributed by atoms with Gasteiger partial charge in [-0.15, -0.1) is 0 Å². The standard InChI is InChI=1S/C25H18O4S/c26-18-11-16(15-8-9-20-22(13-15)28-14-27-20)10-17(12-18)19-4-3-7-24-25(19)29-21-5-1-2-6-23(21)30-24/h1-9,12-13,16H,10-11,14H2/t16-/m1/s1. The van der Waals surface area contributed by atoms with Gasteiger partial charge in [0.2, 0.25) is 6.79 Å². The highest BCUT2D eigenvalue weighted by atomic mass is 32.2. The molecule has 0 saturated carbocycles. The first-order valence-corrected chi connectivity index (χ1v) is 10.8. The van der Waals surface area contributed by atoms with Crippen LogP contribution < -0.4 is 14.2 Å². The van der Waals surface area contributed by atoms with Crippen molar-refractivity contribution in [1.29, 1.82) is 0 Å². The summed E-state index contributed by atoms with van der Waals surface area (Å²) in [4.78, 5) is 14.8. The molecule has 0 unspecified atom stereocenters. The molecule has 0 radical (unpaired) electrons. The van der Waals surface area contributed by atoms with Crippen LogP contribution in [0.1, 0.15) is 29.9 Å². The summed E-state index contributed by atoms with van der Waals surface area (Å²) in [5.74, 6) is 3.46. The van der Waals surface area contributed by atoms with Gasteiger partial charge in [-0.1, -0.05) is 42.1 Å². The van der Waals surface area contributed by atoms with Gasteiger partial charge in [0.15, 0.2) is 17.3 Å². The average Bonchev–Trinajstić information content (AvgIpc) is 3.25. The summed E-state index contributed by atoms with van der Waals surface area (Å²) in [5, 5.41) is 0. The van der Waals surface area contributed by atoms with Crippen LogP contribution >= 0.6 is 11.8 Å². The van der Waals surface area contributed by atoms with Crippen molar-refractivity contribution in [3.05, 3.63) is 77.9 Å². The summed E-state index contributed by atoms with van der Waals surface area (Å²) < 4.78 is 17.2. The van der Waals surface area contributed by atoms with E-state index in [4.69, 9.17) is 14.2 Å². The van der Waals surface area contributed by atoms with Gasteiger partial charge >= 0.3 is 0 Å². The van der Waals surface area contributed by atoms with E-state index in [-0.39, 0.29) is 18.5 Å². The Balaban J connectivity index is 1.36. The van der Waals surface area contributed by atoms with Crippen LogP contribution in [0.3, 0.4) is 0 Å². The van der Waals surface area contributed by atoms with E-state index in [9.17, 15) is 4.79 Å². The number of benzene rings is 3. The third-order valence-electron chi connectivity index (χ3n) is 5.72. The number of hydrogen-bond acceptors (Lipinski definition) is 5. The molecule has 3 aliphatic rings. The zero-order valence-corrected chi connectivity index (χ0v) is 16.9. The van der Waals surface area contributed by atoms with E-state index in [0.717, 1.165) is 55.9 Å². The predicted molar refractivity (Wildman–Crippen MR) is 115 cm³/mol. The molecule has 2 heterocycles. The third kappa shape index (κ3) is 2.97. The number of rotatable bonds is 2. The van der Waals surface area contributed by atoms with Gasteiger partial charge in [-0.3, -0.25) is 4.79 Å². The maximum atomic E-state index is 12.7. The van der Waals surface area contributed by atoms with E-state index in [1.165, 1.54) is 0 Å². The fraction of sp³-hybridized carbons (Fsp3) is 0.160. The molecule has 2 aliphatic heterocycles. The highest BCUT2D eigenvalue weighted by Crippen LogP contribution is 2.51. The number of carbonyl (C=O) groups excluding carboxylic acids is 1. The molecule has 0 N–H and O–H groups in total. The largest absolute Gasteiger partial charge is 0.454 e. The van der Waals surface area contributed by atoms with Crippen LogP contribution in [0.25, 0.3) is 5.57 Å². The second-order valence-corrected chi connectivity index (χ2v) is 8.72. The van der Waals surface area contributed by atoms with Crippen molar-refractivity contribution < 1.29 is 19.0 Å². The molecule has 1 atom stereocenters. The number of fused-ring (bicyclic) bond motifs is 3. The monoisotopic (exact) mass is 414 g/mol. The zero-order valence-electron chi connectivity index (χ0n) is 16.1. The van der Waals surface area contributed by atoms with Crippen molar-refractivity contribution in [3.8, 4) is 23.0 Å². The quantitative estimate of drug-likeness (QED) is 0.391. The molecule has 0 aromatic heterocycles. The zero-order chi connectivity index (χ0) is 20.1. The minimum Gasteiger partial charge on any atom is -0.454 e. The predicted octanol–water partition coefficient (Wildman–Crippen LogP) is 6.20. The van der Waals surface area contributed by atoms with Crippen LogP contribution in [-0.2, 0) is 4.79 Å². The van der Waals surface area contributed by atoms with Gasteiger partial charge in [-0.2, -0.15) is 0 Å². The van der Waals surface area contributed by atoms with E-state index in [2.05, 4.69) is 18.2 Å². The molecule has 3 aromatic carbocycles. The Morgan fingerprint density at radius 1 is 0.833 bits per heavy atom. The lowest BCUT2D eigenvalue weighted by Crippen LogP contribution is -2.13. The van der Waals surface area contributed by atoms with Gasteiger partial charge in [0.25, 0.3) is 0 Å². The maximum absolute atomic E-state index is 12.7. The second-order valence-electron chi connectivity index (χ2n) is 7.64. The van der Waals surface area contributed by atoms with E-state index >= 15 is 0 Å². The number of ether oxygens (including phenoxy) is 3. The molecule has 5 heteroatoms. The molecule has 0 fully saturated rings. The lowest BCUT2D eigenvalue weighted by molar-refractivity contribution is -0.115. The van der Waals surface area contributed by atoms with Gasteiger partial charge in [-0.25, -0.2) is 0 Å². The van der Waals surface area contributed by atoms with Crippen LogP contribution in [0.2, 0.25) is 0 Å². The van der Waals surface area contributed by atoms with Gasteiger partial charge in [-0.05, 0) is 59.9 Å². The van der Waals surface area contributed by atoms with Crippen molar-refractivity contribution >= 4 is 23.1 Å². The lowest BCUT2D eigenvalue weighted by atomic mass is 9.80.